The monoisotopic (exact) mass is 362 g/mol. The molecule has 1 aromatic carbocycles. The van der Waals surface area contributed by atoms with Crippen molar-refractivity contribution < 1.29 is 19.4 Å². The number of esters is 1. The van der Waals surface area contributed by atoms with Crippen LogP contribution in [-0.4, -0.2) is 21.0 Å². The van der Waals surface area contributed by atoms with Crippen LogP contribution < -0.4 is 0 Å². The van der Waals surface area contributed by atoms with Crippen LogP contribution in [0.3, 0.4) is 0 Å². The first kappa shape index (κ1) is 14.9. The van der Waals surface area contributed by atoms with Crippen LogP contribution in [0.4, 0.5) is 0 Å². The molecule has 0 aliphatic carbocycles. The van der Waals surface area contributed by atoms with Crippen molar-refractivity contribution in [2.75, 3.05) is 0 Å². The number of aliphatic carboxylic acids is 1. The molecule has 0 aromatic heterocycles. The van der Waals surface area contributed by atoms with Crippen LogP contribution in [0.1, 0.15) is 25.8 Å². The van der Waals surface area contributed by atoms with Crippen molar-refractivity contribution in [2.45, 2.75) is 29.8 Å². The summed E-state index contributed by atoms with van der Waals surface area (Å²) in [6.07, 6.45) is 0.399. The van der Waals surface area contributed by atoms with Crippen molar-refractivity contribution >= 4 is 34.5 Å². The number of rotatable bonds is 5. The predicted molar refractivity (Wildman–Crippen MR) is 75.6 cm³/mol. The normalized spacial score (nSPS) is 15.5. The van der Waals surface area contributed by atoms with Gasteiger partial charge in [-0.05, 0) is 12.0 Å². The van der Waals surface area contributed by atoms with E-state index in [2.05, 4.69) is 0 Å². The van der Waals surface area contributed by atoms with E-state index >= 15 is 0 Å². The van der Waals surface area contributed by atoms with Gasteiger partial charge in [0.05, 0.1) is 0 Å². The summed E-state index contributed by atoms with van der Waals surface area (Å²) in [7, 11) is 0. The van der Waals surface area contributed by atoms with Crippen LogP contribution in [0.25, 0.3) is 0 Å². The Kier molecular flexibility index (Phi) is 5.13. The standard InChI is InChI=1S/C13H15IO4/c1-3-13(18-9(2)15,11(14)12(16)17)10-7-5-4-6-8-10/h4-8,11H,3H2,1-2H3,(H,16,17)/t11-,13+/m1/s1. The van der Waals surface area contributed by atoms with Gasteiger partial charge >= 0.3 is 11.9 Å². The van der Waals surface area contributed by atoms with E-state index in [0.717, 1.165) is 0 Å². The maximum atomic E-state index is 11.3. The summed E-state index contributed by atoms with van der Waals surface area (Å²) >= 11 is 1.81. The van der Waals surface area contributed by atoms with Gasteiger partial charge in [-0.25, -0.2) is 0 Å². The molecule has 0 heterocycles. The molecular weight excluding hydrogens is 347 g/mol. The minimum atomic E-state index is -1.13. The molecule has 1 aromatic rings. The molecule has 0 aliphatic rings. The van der Waals surface area contributed by atoms with Gasteiger partial charge in [0.25, 0.3) is 0 Å². The summed E-state index contributed by atoms with van der Waals surface area (Å²) in [5.74, 6) is -1.48. The highest BCUT2D eigenvalue weighted by Crippen LogP contribution is 2.37. The molecule has 1 rings (SSSR count). The Bertz CT molecular complexity index is 432. The largest absolute Gasteiger partial charge is 0.480 e. The Balaban J connectivity index is 3.31. The number of carboxylic acids is 1. The van der Waals surface area contributed by atoms with Crippen molar-refractivity contribution in [3.63, 3.8) is 0 Å². The van der Waals surface area contributed by atoms with E-state index in [0.29, 0.717) is 12.0 Å². The number of hydrogen-bond donors (Lipinski definition) is 1. The third kappa shape index (κ3) is 3.01. The highest BCUT2D eigenvalue weighted by molar-refractivity contribution is 14.1. The average molecular weight is 362 g/mol. The second kappa shape index (κ2) is 6.17. The summed E-state index contributed by atoms with van der Waals surface area (Å²) in [4.78, 5) is 22.6. The molecular formula is C13H15IO4. The fourth-order valence-corrected chi connectivity index (χ4v) is 2.82. The number of alkyl halides is 1. The van der Waals surface area contributed by atoms with Gasteiger partial charge in [0.1, 0.15) is 0 Å². The molecule has 18 heavy (non-hydrogen) atoms. The number of carbonyl (C=O) groups excluding carboxylic acids is 1. The maximum absolute atomic E-state index is 11.3. The summed E-state index contributed by atoms with van der Waals surface area (Å²) in [6.45, 7) is 3.10. The van der Waals surface area contributed by atoms with E-state index in [1.54, 1.807) is 46.9 Å². The number of ether oxygens (including phenoxy) is 1. The second-order valence-corrected chi connectivity index (χ2v) is 5.15. The van der Waals surface area contributed by atoms with Gasteiger partial charge in [-0.15, -0.1) is 0 Å². The van der Waals surface area contributed by atoms with Gasteiger partial charge in [0, 0.05) is 6.92 Å². The number of halogens is 1. The van der Waals surface area contributed by atoms with Crippen molar-refractivity contribution in [2.24, 2.45) is 0 Å². The molecule has 0 fully saturated rings. The van der Waals surface area contributed by atoms with E-state index in [9.17, 15) is 14.7 Å². The van der Waals surface area contributed by atoms with E-state index in [4.69, 9.17) is 4.74 Å². The van der Waals surface area contributed by atoms with Crippen molar-refractivity contribution in [1.29, 1.82) is 0 Å². The Labute approximate surface area is 119 Å². The van der Waals surface area contributed by atoms with Gasteiger partial charge in [-0.3, -0.25) is 9.59 Å². The van der Waals surface area contributed by atoms with E-state index in [-0.39, 0.29) is 0 Å². The first-order chi connectivity index (χ1) is 8.44. The summed E-state index contributed by atoms with van der Waals surface area (Å²) in [6, 6.07) is 8.99. The molecule has 0 radical (unpaired) electrons. The van der Waals surface area contributed by atoms with Crippen LogP contribution in [-0.2, 0) is 19.9 Å². The molecule has 0 aliphatic heterocycles. The Morgan fingerprint density at radius 3 is 2.33 bits per heavy atom. The highest BCUT2D eigenvalue weighted by Gasteiger charge is 2.45. The lowest BCUT2D eigenvalue weighted by Gasteiger charge is -2.35. The van der Waals surface area contributed by atoms with Crippen LogP contribution in [0.15, 0.2) is 30.3 Å². The molecule has 0 unspecified atom stereocenters. The van der Waals surface area contributed by atoms with Crippen molar-refractivity contribution in [1.82, 2.24) is 0 Å². The topological polar surface area (TPSA) is 63.6 Å². The third-order valence-electron chi connectivity index (χ3n) is 2.74. The van der Waals surface area contributed by atoms with Gasteiger partial charge < -0.3 is 9.84 Å². The smallest absolute Gasteiger partial charge is 0.320 e. The molecule has 0 spiro atoms. The SMILES string of the molecule is CC[C@](OC(C)=O)(c1ccccc1)[C@H](I)C(=O)O. The lowest BCUT2D eigenvalue weighted by Crippen LogP contribution is -2.43. The average Bonchev–Trinajstić information content (AvgIpc) is 2.35. The summed E-state index contributed by atoms with van der Waals surface area (Å²) in [5.41, 5.74) is -0.427. The summed E-state index contributed by atoms with van der Waals surface area (Å²) < 4.78 is 4.53. The number of carbonyl (C=O) groups is 2. The minimum Gasteiger partial charge on any atom is -0.480 e. The van der Waals surface area contributed by atoms with Crippen LogP contribution in [0.2, 0.25) is 0 Å². The number of hydrogen-bond acceptors (Lipinski definition) is 3. The number of carboxylic acid groups (broad SMARTS) is 1. The minimum absolute atomic E-state index is 0.399. The zero-order valence-corrected chi connectivity index (χ0v) is 12.4. The Morgan fingerprint density at radius 1 is 1.39 bits per heavy atom. The Morgan fingerprint density at radius 2 is 1.94 bits per heavy atom. The quantitative estimate of drug-likeness (QED) is 0.497. The second-order valence-electron chi connectivity index (χ2n) is 3.90. The molecule has 0 saturated carbocycles. The third-order valence-corrected chi connectivity index (χ3v) is 4.28. The molecule has 5 heteroatoms. The molecule has 0 amide bonds. The van der Waals surface area contributed by atoms with Crippen molar-refractivity contribution in [3.05, 3.63) is 35.9 Å². The van der Waals surface area contributed by atoms with Crippen LogP contribution >= 0.6 is 22.6 Å². The van der Waals surface area contributed by atoms with Crippen LogP contribution in [0, 0.1) is 0 Å². The fourth-order valence-electron chi connectivity index (χ4n) is 1.89. The first-order valence-electron chi connectivity index (χ1n) is 5.56. The van der Waals surface area contributed by atoms with Crippen LogP contribution in [0.5, 0.6) is 0 Å². The summed E-state index contributed by atoms with van der Waals surface area (Å²) in [5, 5.41) is 9.22. The molecule has 4 nitrogen and oxygen atoms in total. The van der Waals surface area contributed by atoms with E-state index < -0.39 is 21.5 Å². The molecule has 0 bridgehead atoms. The number of benzene rings is 1. The first-order valence-corrected chi connectivity index (χ1v) is 6.80. The predicted octanol–water partition coefficient (Wildman–Crippen LogP) is 2.74. The molecule has 1 N–H and O–H groups in total. The highest BCUT2D eigenvalue weighted by atomic mass is 127. The van der Waals surface area contributed by atoms with Gasteiger partial charge in [-0.1, -0.05) is 59.8 Å². The molecule has 98 valence electrons. The lowest BCUT2D eigenvalue weighted by molar-refractivity contribution is -0.162. The molecule has 0 saturated heterocycles. The van der Waals surface area contributed by atoms with E-state index in [1.807, 2.05) is 13.0 Å². The Hall–Kier alpha value is -1.11. The van der Waals surface area contributed by atoms with Crippen molar-refractivity contribution in [3.8, 4) is 0 Å². The lowest BCUT2D eigenvalue weighted by atomic mass is 9.87. The van der Waals surface area contributed by atoms with Gasteiger partial charge in [0.15, 0.2) is 9.53 Å². The zero-order chi connectivity index (χ0) is 13.8. The fraction of sp³-hybridized carbons (Fsp3) is 0.385. The van der Waals surface area contributed by atoms with E-state index in [1.165, 1.54) is 6.92 Å². The van der Waals surface area contributed by atoms with Gasteiger partial charge in [-0.2, -0.15) is 0 Å². The molecule has 2 atom stereocenters. The maximum Gasteiger partial charge on any atom is 0.320 e. The van der Waals surface area contributed by atoms with Gasteiger partial charge in [0.2, 0.25) is 0 Å². The zero-order valence-electron chi connectivity index (χ0n) is 10.2.